The van der Waals surface area contributed by atoms with Crippen molar-refractivity contribution in [3.63, 3.8) is 0 Å². The number of nitrogens with zero attached hydrogens (tertiary/aromatic N) is 3. The van der Waals surface area contributed by atoms with Gasteiger partial charge in [0.15, 0.2) is 5.16 Å². The summed E-state index contributed by atoms with van der Waals surface area (Å²) < 4.78 is 5.02. The summed E-state index contributed by atoms with van der Waals surface area (Å²) in [6.07, 6.45) is 1.71. The smallest absolute Gasteiger partial charge is 0.273 e. The summed E-state index contributed by atoms with van der Waals surface area (Å²) in [6.45, 7) is 0. The first-order chi connectivity index (χ1) is 10.5. The number of nitriles is 1. The highest BCUT2D eigenvalue weighted by molar-refractivity contribution is 7.98. The molecule has 1 heterocycles. The van der Waals surface area contributed by atoms with Crippen LogP contribution >= 0.6 is 11.8 Å². The zero-order valence-corrected chi connectivity index (χ0v) is 12.4. The van der Waals surface area contributed by atoms with E-state index < -0.39 is 10.5 Å². The number of H-pyrrole nitrogens is 1. The van der Waals surface area contributed by atoms with E-state index in [-0.39, 0.29) is 28.3 Å². The lowest BCUT2D eigenvalue weighted by Gasteiger charge is -2.07. The van der Waals surface area contributed by atoms with E-state index in [4.69, 9.17) is 10.00 Å². The molecule has 0 amide bonds. The Morgan fingerprint density at radius 1 is 1.45 bits per heavy atom. The first kappa shape index (κ1) is 15.5. The molecule has 2 aromatic rings. The van der Waals surface area contributed by atoms with E-state index >= 15 is 0 Å². The highest BCUT2D eigenvalue weighted by Crippen LogP contribution is 2.30. The number of nitro benzene ring substituents is 1. The molecule has 0 aliphatic rings. The third-order valence-corrected chi connectivity index (χ3v) is 3.39. The molecule has 0 aliphatic heterocycles. The molecule has 0 radical (unpaired) electrons. The molecule has 0 atom stereocenters. The van der Waals surface area contributed by atoms with Crippen LogP contribution in [0.5, 0.6) is 5.75 Å². The second kappa shape index (κ2) is 6.28. The third-order valence-electron chi connectivity index (χ3n) is 2.81. The zero-order chi connectivity index (χ0) is 16.3. The van der Waals surface area contributed by atoms with E-state index in [9.17, 15) is 14.9 Å². The van der Waals surface area contributed by atoms with Crippen molar-refractivity contribution in [2.75, 3.05) is 13.4 Å². The van der Waals surface area contributed by atoms with E-state index in [1.807, 2.05) is 0 Å². The molecule has 22 heavy (non-hydrogen) atoms. The van der Waals surface area contributed by atoms with Gasteiger partial charge in [0.25, 0.3) is 11.2 Å². The predicted molar refractivity (Wildman–Crippen MR) is 80.0 cm³/mol. The highest BCUT2D eigenvalue weighted by atomic mass is 32.2. The SMILES string of the molecule is COc1cc(-c2nc(SC)[nH]c(=O)c2C#N)cc([N+](=O)[O-])c1. The van der Waals surface area contributed by atoms with Gasteiger partial charge in [0, 0.05) is 11.6 Å². The maximum Gasteiger partial charge on any atom is 0.273 e. The molecule has 9 heteroatoms. The van der Waals surface area contributed by atoms with Gasteiger partial charge in [-0.2, -0.15) is 5.26 Å². The van der Waals surface area contributed by atoms with Crippen molar-refractivity contribution in [1.82, 2.24) is 9.97 Å². The topological polar surface area (TPSA) is 122 Å². The number of thioether (sulfide) groups is 1. The average Bonchev–Trinajstić information content (AvgIpc) is 2.53. The third kappa shape index (κ3) is 2.91. The Morgan fingerprint density at radius 3 is 2.73 bits per heavy atom. The molecule has 112 valence electrons. The Balaban J connectivity index is 2.78. The van der Waals surface area contributed by atoms with E-state index in [0.717, 1.165) is 0 Å². The summed E-state index contributed by atoms with van der Waals surface area (Å²) in [4.78, 5) is 28.9. The minimum absolute atomic E-state index is 0.0811. The van der Waals surface area contributed by atoms with Gasteiger partial charge in [-0.25, -0.2) is 4.98 Å². The number of rotatable bonds is 4. The number of non-ortho nitro benzene ring substituents is 1. The van der Waals surface area contributed by atoms with Gasteiger partial charge in [0.1, 0.15) is 17.4 Å². The van der Waals surface area contributed by atoms with Crippen molar-refractivity contribution in [3.8, 4) is 23.1 Å². The van der Waals surface area contributed by atoms with Crippen molar-refractivity contribution in [1.29, 1.82) is 5.26 Å². The van der Waals surface area contributed by atoms with Crippen molar-refractivity contribution in [3.05, 3.63) is 44.2 Å². The maximum absolute atomic E-state index is 11.9. The molecule has 0 fully saturated rings. The fourth-order valence-corrected chi connectivity index (χ4v) is 2.18. The number of nitrogens with one attached hydrogen (secondary N) is 1. The minimum atomic E-state index is -0.595. The Labute approximate surface area is 128 Å². The second-order valence-electron chi connectivity index (χ2n) is 4.09. The highest BCUT2D eigenvalue weighted by Gasteiger charge is 2.18. The molecule has 0 spiro atoms. The van der Waals surface area contributed by atoms with Crippen LogP contribution < -0.4 is 10.3 Å². The second-order valence-corrected chi connectivity index (χ2v) is 4.88. The zero-order valence-electron chi connectivity index (χ0n) is 11.6. The average molecular weight is 318 g/mol. The van der Waals surface area contributed by atoms with Crippen molar-refractivity contribution >= 4 is 17.4 Å². The number of methoxy groups -OCH3 is 1. The quantitative estimate of drug-likeness (QED) is 0.395. The van der Waals surface area contributed by atoms with Crippen LogP contribution in [0.2, 0.25) is 0 Å². The van der Waals surface area contributed by atoms with Gasteiger partial charge in [-0.3, -0.25) is 14.9 Å². The van der Waals surface area contributed by atoms with E-state index in [1.54, 1.807) is 12.3 Å². The molecule has 0 bridgehead atoms. The maximum atomic E-state index is 11.9. The Morgan fingerprint density at radius 2 is 2.18 bits per heavy atom. The number of hydrogen-bond donors (Lipinski definition) is 1. The van der Waals surface area contributed by atoms with Crippen molar-refractivity contribution < 1.29 is 9.66 Å². The fourth-order valence-electron chi connectivity index (χ4n) is 1.81. The lowest BCUT2D eigenvalue weighted by atomic mass is 10.1. The molecular weight excluding hydrogens is 308 g/mol. The van der Waals surface area contributed by atoms with Crippen molar-refractivity contribution in [2.45, 2.75) is 5.16 Å². The number of ether oxygens (including phenoxy) is 1. The lowest BCUT2D eigenvalue weighted by molar-refractivity contribution is -0.384. The van der Waals surface area contributed by atoms with Gasteiger partial charge in [0.05, 0.1) is 23.8 Å². The van der Waals surface area contributed by atoms with E-state index in [2.05, 4.69) is 9.97 Å². The van der Waals surface area contributed by atoms with E-state index in [1.165, 1.54) is 37.1 Å². The van der Waals surface area contributed by atoms with Crippen LogP contribution in [0, 0.1) is 21.4 Å². The summed E-state index contributed by atoms with van der Waals surface area (Å²) in [7, 11) is 1.37. The van der Waals surface area contributed by atoms with Gasteiger partial charge in [-0.1, -0.05) is 11.8 Å². The van der Waals surface area contributed by atoms with Crippen molar-refractivity contribution in [2.24, 2.45) is 0 Å². The number of hydrogen-bond acceptors (Lipinski definition) is 7. The molecule has 0 aliphatic carbocycles. The standard InChI is InChI=1S/C13H10N4O4S/c1-21-9-4-7(3-8(5-9)17(19)20)11-10(6-14)12(18)16-13(15-11)22-2/h3-5H,1-2H3,(H,15,16,18). The molecule has 8 nitrogen and oxygen atoms in total. The first-order valence-corrected chi connectivity index (χ1v) is 7.15. The molecule has 1 aromatic carbocycles. The molecule has 0 unspecified atom stereocenters. The number of aromatic nitrogens is 2. The molecular formula is C13H10N4O4S. The predicted octanol–water partition coefficient (Wildman–Crippen LogP) is 1.95. The van der Waals surface area contributed by atoms with Crippen LogP contribution in [-0.4, -0.2) is 28.3 Å². The summed E-state index contributed by atoms with van der Waals surface area (Å²) >= 11 is 1.19. The molecule has 1 N–H and O–H groups in total. The normalized spacial score (nSPS) is 10.0. The number of nitro groups is 1. The van der Waals surface area contributed by atoms with Crippen LogP contribution in [0.15, 0.2) is 28.2 Å². The van der Waals surface area contributed by atoms with Gasteiger partial charge >= 0.3 is 0 Å². The van der Waals surface area contributed by atoms with Crippen LogP contribution in [-0.2, 0) is 0 Å². The summed E-state index contributed by atoms with van der Waals surface area (Å²) in [5, 5.41) is 20.4. The van der Waals surface area contributed by atoms with Gasteiger partial charge in [-0.05, 0) is 12.3 Å². The lowest BCUT2D eigenvalue weighted by Crippen LogP contribution is -2.14. The molecule has 1 aromatic heterocycles. The molecule has 0 saturated carbocycles. The first-order valence-electron chi connectivity index (χ1n) is 5.92. The van der Waals surface area contributed by atoms with Gasteiger partial charge < -0.3 is 9.72 Å². The number of benzene rings is 1. The fraction of sp³-hybridized carbons (Fsp3) is 0.154. The molecule has 2 rings (SSSR count). The monoisotopic (exact) mass is 318 g/mol. The largest absolute Gasteiger partial charge is 0.496 e. The Kier molecular flexibility index (Phi) is 4.43. The Hall–Kier alpha value is -2.86. The molecule has 0 saturated heterocycles. The minimum Gasteiger partial charge on any atom is -0.496 e. The van der Waals surface area contributed by atoms with Crippen LogP contribution in [0.3, 0.4) is 0 Å². The summed E-state index contributed by atoms with van der Waals surface area (Å²) in [5.41, 5.74) is -0.671. The van der Waals surface area contributed by atoms with E-state index in [0.29, 0.717) is 5.16 Å². The van der Waals surface area contributed by atoms with Crippen LogP contribution in [0.1, 0.15) is 5.56 Å². The summed E-state index contributed by atoms with van der Waals surface area (Å²) in [5.74, 6) is 0.237. The van der Waals surface area contributed by atoms with Gasteiger partial charge in [0.2, 0.25) is 0 Å². The Bertz CT molecular complexity index is 841. The van der Waals surface area contributed by atoms with Crippen LogP contribution in [0.4, 0.5) is 5.69 Å². The summed E-state index contributed by atoms with van der Waals surface area (Å²) in [6, 6.07) is 5.75. The van der Waals surface area contributed by atoms with Crippen LogP contribution in [0.25, 0.3) is 11.3 Å². The van der Waals surface area contributed by atoms with Gasteiger partial charge in [-0.15, -0.1) is 0 Å². The number of aromatic amines is 1.